The number of carbonyl (C=O) groups is 1. The first-order chi connectivity index (χ1) is 13.3. The average molecular weight is 410 g/mol. The van der Waals surface area contributed by atoms with Crippen molar-refractivity contribution in [1.29, 1.82) is 0 Å². The third kappa shape index (κ3) is 4.31. The van der Waals surface area contributed by atoms with Crippen LogP contribution in [0.3, 0.4) is 0 Å². The number of methoxy groups -OCH3 is 1. The molecule has 0 spiro atoms. The number of sulfonamides is 1. The van der Waals surface area contributed by atoms with E-state index < -0.39 is 26.6 Å². The Hall–Kier alpha value is -2.52. The van der Waals surface area contributed by atoms with Gasteiger partial charge in [-0.1, -0.05) is 12.1 Å². The van der Waals surface area contributed by atoms with E-state index in [9.17, 15) is 22.0 Å². The molecule has 150 valence electrons. The molecule has 0 saturated carbocycles. The number of piperazine rings is 1. The molecule has 0 aromatic heterocycles. The van der Waals surface area contributed by atoms with Crippen molar-refractivity contribution in [3.05, 3.63) is 59.7 Å². The quantitative estimate of drug-likeness (QED) is 0.757. The molecule has 3 rings (SSSR count). The summed E-state index contributed by atoms with van der Waals surface area (Å²) >= 11 is 0. The highest BCUT2D eigenvalue weighted by atomic mass is 32.2. The molecule has 0 radical (unpaired) electrons. The molecule has 0 atom stereocenters. The molecule has 9 heteroatoms. The van der Waals surface area contributed by atoms with Gasteiger partial charge >= 0.3 is 0 Å². The van der Waals surface area contributed by atoms with Gasteiger partial charge < -0.3 is 9.64 Å². The lowest BCUT2D eigenvalue weighted by atomic mass is 10.1. The van der Waals surface area contributed by atoms with Crippen LogP contribution in [-0.4, -0.2) is 56.8 Å². The predicted octanol–water partition coefficient (Wildman–Crippen LogP) is 2.05. The Kier molecular flexibility index (Phi) is 5.95. The fourth-order valence-corrected chi connectivity index (χ4v) is 4.56. The highest BCUT2D eigenvalue weighted by Gasteiger charge is 2.32. The summed E-state index contributed by atoms with van der Waals surface area (Å²) in [5.74, 6) is -1.31. The van der Waals surface area contributed by atoms with E-state index >= 15 is 0 Å². The summed E-state index contributed by atoms with van der Waals surface area (Å²) < 4.78 is 58.7. The molecule has 0 aliphatic carbocycles. The molecule has 0 unspecified atom stereocenters. The molecule has 0 bridgehead atoms. The zero-order valence-electron chi connectivity index (χ0n) is 15.3. The summed E-state index contributed by atoms with van der Waals surface area (Å²) in [4.78, 5) is 13.4. The number of halogens is 2. The van der Waals surface area contributed by atoms with Gasteiger partial charge in [-0.25, -0.2) is 17.2 Å². The molecule has 1 saturated heterocycles. The molecule has 0 N–H and O–H groups in total. The van der Waals surface area contributed by atoms with E-state index in [2.05, 4.69) is 0 Å². The van der Waals surface area contributed by atoms with Crippen LogP contribution in [0.5, 0.6) is 5.75 Å². The first-order valence-corrected chi connectivity index (χ1v) is 10.1. The Labute approximate surface area is 162 Å². The van der Waals surface area contributed by atoms with E-state index in [0.29, 0.717) is 11.8 Å². The van der Waals surface area contributed by atoms with Crippen LogP contribution in [0.4, 0.5) is 8.78 Å². The SMILES string of the molecule is COc1cccc(CC(=O)N2CCN(S(=O)(=O)c3cc(F)ccc3F)CC2)c1. The Morgan fingerprint density at radius 3 is 2.46 bits per heavy atom. The van der Waals surface area contributed by atoms with Crippen LogP contribution in [0, 0.1) is 11.6 Å². The number of hydrogen-bond donors (Lipinski definition) is 0. The largest absolute Gasteiger partial charge is 0.497 e. The molecular weight excluding hydrogens is 390 g/mol. The molecule has 1 fully saturated rings. The molecule has 1 aliphatic heterocycles. The number of carbonyl (C=O) groups excluding carboxylic acids is 1. The van der Waals surface area contributed by atoms with Gasteiger partial charge in [-0.15, -0.1) is 0 Å². The summed E-state index contributed by atoms with van der Waals surface area (Å²) in [5, 5.41) is 0. The Balaban J connectivity index is 1.65. The van der Waals surface area contributed by atoms with Gasteiger partial charge in [0, 0.05) is 26.2 Å². The number of benzene rings is 2. The number of amides is 1. The van der Waals surface area contributed by atoms with Gasteiger partial charge in [-0.3, -0.25) is 4.79 Å². The minimum atomic E-state index is -4.17. The topological polar surface area (TPSA) is 66.9 Å². The first kappa shape index (κ1) is 20.2. The normalized spacial score (nSPS) is 15.5. The minimum Gasteiger partial charge on any atom is -0.497 e. The van der Waals surface area contributed by atoms with Gasteiger partial charge in [0.25, 0.3) is 0 Å². The minimum absolute atomic E-state index is 0.0160. The van der Waals surface area contributed by atoms with Crippen LogP contribution < -0.4 is 4.74 Å². The summed E-state index contributed by atoms with van der Waals surface area (Å²) in [6, 6.07) is 9.48. The predicted molar refractivity (Wildman–Crippen MR) is 98.4 cm³/mol. The van der Waals surface area contributed by atoms with Crippen molar-refractivity contribution in [1.82, 2.24) is 9.21 Å². The van der Waals surface area contributed by atoms with E-state index in [1.54, 1.807) is 30.2 Å². The molecular formula is C19H20F2N2O4S. The van der Waals surface area contributed by atoms with Crippen molar-refractivity contribution in [3.63, 3.8) is 0 Å². The Morgan fingerprint density at radius 1 is 1.07 bits per heavy atom. The lowest BCUT2D eigenvalue weighted by Crippen LogP contribution is -2.51. The first-order valence-electron chi connectivity index (χ1n) is 8.67. The summed E-state index contributed by atoms with van der Waals surface area (Å²) in [6.45, 7) is 0.391. The van der Waals surface area contributed by atoms with Crippen LogP contribution in [0.15, 0.2) is 47.4 Å². The summed E-state index contributed by atoms with van der Waals surface area (Å²) in [5.41, 5.74) is 0.793. The van der Waals surface area contributed by atoms with Crippen molar-refractivity contribution >= 4 is 15.9 Å². The molecule has 2 aromatic rings. The molecule has 6 nitrogen and oxygen atoms in total. The fourth-order valence-electron chi connectivity index (χ4n) is 3.06. The average Bonchev–Trinajstić information content (AvgIpc) is 2.70. The zero-order chi connectivity index (χ0) is 20.3. The zero-order valence-corrected chi connectivity index (χ0v) is 16.1. The van der Waals surface area contributed by atoms with Gasteiger partial charge in [-0.2, -0.15) is 4.31 Å². The van der Waals surface area contributed by atoms with E-state index in [0.717, 1.165) is 22.0 Å². The van der Waals surface area contributed by atoms with Crippen molar-refractivity contribution in [2.45, 2.75) is 11.3 Å². The molecule has 1 amide bonds. The standard InChI is InChI=1S/C19H20F2N2O4S/c1-27-16-4-2-3-14(11-16)12-19(24)22-7-9-23(10-8-22)28(25,26)18-13-15(20)5-6-17(18)21/h2-6,11,13H,7-10,12H2,1H3. The molecule has 2 aromatic carbocycles. The molecule has 1 heterocycles. The second-order valence-electron chi connectivity index (χ2n) is 6.39. The molecule has 1 aliphatic rings. The molecule has 28 heavy (non-hydrogen) atoms. The number of ether oxygens (including phenoxy) is 1. The maximum Gasteiger partial charge on any atom is 0.246 e. The van der Waals surface area contributed by atoms with Crippen LogP contribution in [-0.2, 0) is 21.2 Å². The van der Waals surface area contributed by atoms with Crippen LogP contribution >= 0.6 is 0 Å². The van der Waals surface area contributed by atoms with Crippen molar-refractivity contribution in [3.8, 4) is 5.75 Å². The lowest BCUT2D eigenvalue weighted by Gasteiger charge is -2.34. The highest BCUT2D eigenvalue weighted by molar-refractivity contribution is 7.89. The third-order valence-electron chi connectivity index (χ3n) is 4.59. The summed E-state index contributed by atoms with van der Waals surface area (Å²) in [7, 11) is -2.62. The van der Waals surface area contributed by atoms with Crippen molar-refractivity contribution in [2.24, 2.45) is 0 Å². The van der Waals surface area contributed by atoms with Crippen molar-refractivity contribution < 1.29 is 26.7 Å². The monoisotopic (exact) mass is 410 g/mol. The maximum absolute atomic E-state index is 13.9. The van der Waals surface area contributed by atoms with E-state index in [4.69, 9.17) is 4.74 Å². The third-order valence-corrected chi connectivity index (χ3v) is 6.51. The van der Waals surface area contributed by atoms with Gasteiger partial charge in [-0.05, 0) is 35.9 Å². The van der Waals surface area contributed by atoms with Crippen molar-refractivity contribution in [2.75, 3.05) is 33.3 Å². The van der Waals surface area contributed by atoms with Gasteiger partial charge in [0.2, 0.25) is 15.9 Å². The van der Waals surface area contributed by atoms with Gasteiger partial charge in [0.05, 0.1) is 13.5 Å². The van der Waals surface area contributed by atoms with E-state index in [1.807, 2.05) is 6.07 Å². The summed E-state index contributed by atoms with van der Waals surface area (Å²) in [6.07, 6.45) is 0.169. The number of nitrogens with zero attached hydrogens (tertiary/aromatic N) is 2. The fraction of sp³-hybridized carbons (Fsp3) is 0.316. The second-order valence-corrected chi connectivity index (χ2v) is 8.29. The van der Waals surface area contributed by atoms with Crippen LogP contribution in [0.1, 0.15) is 5.56 Å². The van der Waals surface area contributed by atoms with E-state index in [-0.39, 0.29) is 38.5 Å². The second kappa shape index (κ2) is 8.24. The Bertz CT molecular complexity index is 974. The van der Waals surface area contributed by atoms with Gasteiger partial charge in [0.1, 0.15) is 22.3 Å². The van der Waals surface area contributed by atoms with Crippen LogP contribution in [0.2, 0.25) is 0 Å². The highest BCUT2D eigenvalue weighted by Crippen LogP contribution is 2.22. The van der Waals surface area contributed by atoms with Crippen LogP contribution in [0.25, 0.3) is 0 Å². The number of hydrogen-bond acceptors (Lipinski definition) is 4. The smallest absolute Gasteiger partial charge is 0.246 e. The number of rotatable bonds is 5. The lowest BCUT2D eigenvalue weighted by molar-refractivity contribution is -0.131. The van der Waals surface area contributed by atoms with E-state index in [1.165, 1.54) is 0 Å². The van der Waals surface area contributed by atoms with Gasteiger partial charge in [0.15, 0.2) is 0 Å². The maximum atomic E-state index is 13.9. The Morgan fingerprint density at radius 2 is 1.79 bits per heavy atom.